The minimum Gasteiger partial charge on any atom is -0.444 e. The van der Waals surface area contributed by atoms with Gasteiger partial charge in [0.2, 0.25) is 0 Å². The average molecular weight is 255 g/mol. The number of carbonyl (C=O) groups excluding carboxylic acids is 2. The minimum atomic E-state index is -0.792. The van der Waals surface area contributed by atoms with Gasteiger partial charge >= 0.3 is 6.09 Å². The second kappa shape index (κ2) is 7.02. The molecule has 5 heteroatoms. The molecule has 0 fully saturated rings. The maximum Gasteiger partial charge on any atom is 0.408 e. The highest BCUT2D eigenvalue weighted by atomic mass is 16.6. The van der Waals surface area contributed by atoms with E-state index < -0.39 is 23.8 Å². The zero-order valence-corrected chi connectivity index (χ0v) is 11.6. The molecule has 1 amide bonds. The second-order valence-electron chi connectivity index (χ2n) is 4.89. The number of methoxy groups -OCH3 is 1. The Balaban J connectivity index is 4.59. The minimum absolute atomic E-state index is 0.103. The van der Waals surface area contributed by atoms with Crippen LogP contribution in [-0.4, -0.2) is 36.7 Å². The first-order valence-electron chi connectivity index (χ1n) is 5.70. The van der Waals surface area contributed by atoms with Crippen LogP contribution in [0.15, 0.2) is 0 Å². The first-order valence-corrected chi connectivity index (χ1v) is 5.70. The zero-order valence-electron chi connectivity index (χ0n) is 11.6. The van der Waals surface area contributed by atoms with Crippen LogP contribution in [0, 0.1) is 12.3 Å². The summed E-state index contributed by atoms with van der Waals surface area (Å²) in [7, 11) is 1.42. The predicted octanol–water partition coefficient (Wildman–Crippen LogP) is 1.51. The third-order valence-corrected chi connectivity index (χ3v) is 2.11. The Morgan fingerprint density at radius 2 is 1.94 bits per heavy atom. The summed E-state index contributed by atoms with van der Waals surface area (Å²) in [6.45, 7) is 6.82. The summed E-state index contributed by atoms with van der Waals surface area (Å²) in [5.74, 6) is 2.07. The molecular weight excluding hydrogens is 234 g/mol. The molecule has 0 aliphatic carbocycles. The SMILES string of the molecule is C#CCC(NC(=O)OC(C)(C)C)C(=O)C(C)OC. The van der Waals surface area contributed by atoms with E-state index >= 15 is 0 Å². The highest BCUT2D eigenvalue weighted by Gasteiger charge is 2.26. The normalized spacial score (nSPS) is 14.2. The van der Waals surface area contributed by atoms with Gasteiger partial charge in [-0.2, -0.15) is 0 Å². The standard InChI is InChI=1S/C13H21NO4/c1-7-8-10(11(15)9(2)17-6)14-12(16)18-13(3,4)5/h1,9-10H,8H2,2-6H3,(H,14,16). The van der Waals surface area contributed by atoms with E-state index in [9.17, 15) is 9.59 Å². The lowest BCUT2D eigenvalue weighted by Gasteiger charge is -2.23. The van der Waals surface area contributed by atoms with E-state index in [1.165, 1.54) is 7.11 Å². The molecule has 2 atom stereocenters. The van der Waals surface area contributed by atoms with Crippen LogP contribution in [0.1, 0.15) is 34.1 Å². The van der Waals surface area contributed by atoms with Gasteiger partial charge in [0, 0.05) is 13.5 Å². The fourth-order valence-electron chi connectivity index (χ4n) is 1.19. The molecule has 0 aromatic rings. The summed E-state index contributed by atoms with van der Waals surface area (Å²) in [5.41, 5.74) is -0.624. The fourth-order valence-corrected chi connectivity index (χ4v) is 1.19. The smallest absolute Gasteiger partial charge is 0.408 e. The molecule has 0 heterocycles. The van der Waals surface area contributed by atoms with Gasteiger partial charge in [-0.05, 0) is 27.7 Å². The van der Waals surface area contributed by atoms with Gasteiger partial charge in [-0.15, -0.1) is 12.3 Å². The number of amides is 1. The summed E-state index contributed by atoms with van der Waals surface area (Å²) < 4.78 is 9.98. The number of Topliss-reactive ketones (excluding diaryl/α,β-unsaturated/α-hetero) is 1. The molecule has 18 heavy (non-hydrogen) atoms. The van der Waals surface area contributed by atoms with Gasteiger partial charge in [-0.1, -0.05) is 0 Å². The maximum absolute atomic E-state index is 11.9. The summed E-state index contributed by atoms with van der Waals surface area (Å²) in [4.78, 5) is 23.4. The van der Waals surface area contributed by atoms with Gasteiger partial charge in [-0.3, -0.25) is 4.79 Å². The van der Waals surface area contributed by atoms with E-state index in [4.69, 9.17) is 15.9 Å². The Hall–Kier alpha value is -1.54. The lowest BCUT2D eigenvalue weighted by Crippen LogP contribution is -2.46. The topological polar surface area (TPSA) is 64.6 Å². The summed E-state index contributed by atoms with van der Waals surface area (Å²) >= 11 is 0. The number of alkyl carbamates (subject to hydrolysis) is 1. The van der Waals surface area contributed by atoms with Gasteiger partial charge in [0.05, 0.1) is 0 Å². The van der Waals surface area contributed by atoms with Crippen LogP contribution >= 0.6 is 0 Å². The van der Waals surface area contributed by atoms with Crippen molar-refractivity contribution in [3.63, 3.8) is 0 Å². The highest BCUT2D eigenvalue weighted by Crippen LogP contribution is 2.08. The van der Waals surface area contributed by atoms with Crippen LogP contribution in [0.4, 0.5) is 4.79 Å². The van der Waals surface area contributed by atoms with Gasteiger partial charge in [0.15, 0.2) is 5.78 Å². The van der Waals surface area contributed by atoms with E-state index in [2.05, 4.69) is 11.2 Å². The molecule has 0 saturated carbocycles. The van der Waals surface area contributed by atoms with E-state index in [0.29, 0.717) is 0 Å². The van der Waals surface area contributed by atoms with Crippen molar-refractivity contribution in [1.82, 2.24) is 5.32 Å². The molecule has 1 N–H and O–H groups in total. The van der Waals surface area contributed by atoms with Crippen LogP contribution in [0.2, 0.25) is 0 Å². The molecule has 0 aromatic heterocycles. The summed E-state index contributed by atoms with van der Waals surface area (Å²) in [6, 6.07) is -0.792. The van der Waals surface area contributed by atoms with Crippen LogP contribution in [0.5, 0.6) is 0 Å². The van der Waals surface area contributed by atoms with E-state index in [0.717, 1.165) is 0 Å². The van der Waals surface area contributed by atoms with Crippen LogP contribution < -0.4 is 5.32 Å². The maximum atomic E-state index is 11.9. The molecule has 0 aromatic carbocycles. The van der Waals surface area contributed by atoms with E-state index in [1.807, 2.05) is 0 Å². The molecule has 0 radical (unpaired) electrons. The number of rotatable bonds is 5. The molecule has 0 saturated heterocycles. The second-order valence-corrected chi connectivity index (χ2v) is 4.89. The number of hydrogen-bond acceptors (Lipinski definition) is 4. The zero-order chi connectivity index (χ0) is 14.3. The predicted molar refractivity (Wildman–Crippen MR) is 68.1 cm³/mol. The van der Waals surface area contributed by atoms with Crippen molar-refractivity contribution in [3.05, 3.63) is 0 Å². The van der Waals surface area contributed by atoms with Gasteiger partial charge in [0.1, 0.15) is 17.7 Å². The Morgan fingerprint density at radius 3 is 2.33 bits per heavy atom. The Kier molecular flexibility index (Phi) is 6.42. The van der Waals surface area contributed by atoms with Crippen LogP contribution in [-0.2, 0) is 14.3 Å². The fraction of sp³-hybridized carbons (Fsp3) is 0.692. The number of carbonyl (C=O) groups is 2. The first kappa shape index (κ1) is 16.5. The van der Waals surface area contributed by atoms with Gasteiger partial charge < -0.3 is 14.8 Å². The monoisotopic (exact) mass is 255 g/mol. The third kappa shape index (κ3) is 6.26. The largest absolute Gasteiger partial charge is 0.444 e. The molecule has 0 aliphatic rings. The third-order valence-electron chi connectivity index (χ3n) is 2.11. The lowest BCUT2D eigenvalue weighted by atomic mass is 10.1. The van der Waals surface area contributed by atoms with Crippen molar-refractivity contribution < 1.29 is 19.1 Å². The van der Waals surface area contributed by atoms with Crippen LogP contribution in [0.25, 0.3) is 0 Å². The first-order chi connectivity index (χ1) is 8.21. The lowest BCUT2D eigenvalue weighted by molar-refractivity contribution is -0.129. The summed E-state index contributed by atoms with van der Waals surface area (Å²) in [6.07, 6.45) is 3.99. The van der Waals surface area contributed by atoms with Crippen LogP contribution in [0.3, 0.4) is 0 Å². The molecule has 0 aliphatic heterocycles. The Labute approximate surface area is 108 Å². The number of ether oxygens (including phenoxy) is 2. The highest BCUT2D eigenvalue weighted by molar-refractivity contribution is 5.90. The molecular formula is C13H21NO4. The molecule has 102 valence electrons. The Bertz CT molecular complexity index is 338. The van der Waals surface area contributed by atoms with Crippen molar-refractivity contribution >= 4 is 11.9 Å². The summed E-state index contributed by atoms with van der Waals surface area (Å²) in [5, 5.41) is 2.46. The average Bonchev–Trinajstić information content (AvgIpc) is 2.23. The molecule has 0 rings (SSSR count). The van der Waals surface area contributed by atoms with Crippen molar-refractivity contribution in [2.75, 3.05) is 7.11 Å². The number of terminal acetylenes is 1. The number of nitrogens with one attached hydrogen (secondary N) is 1. The molecule has 2 unspecified atom stereocenters. The van der Waals surface area contributed by atoms with Gasteiger partial charge in [0.25, 0.3) is 0 Å². The van der Waals surface area contributed by atoms with Crippen molar-refractivity contribution in [3.8, 4) is 12.3 Å². The van der Waals surface area contributed by atoms with E-state index in [1.54, 1.807) is 27.7 Å². The van der Waals surface area contributed by atoms with Gasteiger partial charge in [-0.25, -0.2) is 4.79 Å². The quantitative estimate of drug-likeness (QED) is 0.756. The van der Waals surface area contributed by atoms with Crippen molar-refractivity contribution in [1.29, 1.82) is 0 Å². The Morgan fingerprint density at radius 1 is 1.39 bits per heavy atom. The van der Waals surface area contributed by atoms with Crippen molar-refractivity contribution in [2.24, 2.45) is 0 Å². The van der Waals surface area contributed by atoms with E-state index in [-0.39, 0.29) is 12.2 Å². The molecule has 0 bridgehead atoms. The molecule has 0 spiro atoms. The number of hydrogen-bond donors (Lipinski definition) is 1. The molecule has 5 nitrogen and oxygen atoms in total. The van der Waals surface area contributed by atoms with Crippen molar-refractivity contribution in [2.45, 2.75) is 51.9 Å². The number of ketones is 1.